The van der Waals surface area contributed by atoms with Gasteiger partial charge in [0.1, 0.15) is 0 Å². The Morgan fingerprint density at radius 1 is 1.27 bits per heavy atom. The molecule has 0 saturated carbocycles. The number of halogens is 3. The van der Waals surface area contributed by atoms with Crippen LogP contribution in [-0.2, 0) is 11.0 Å². The number of thioether (sulfide) groups is 1. The van der Waals surface area contributed by atoms with Crippen LogP contribution in [0, 0.1) is 0 Å². The summed E-state index contributed by atoms with van der Waals surface area (Å²) in [7, 11) is 0. The van der Waals surface area contributed by atoms with Crippen LogP contribution in [0.5, 0.6) is 0 Å². The lowest BCUT2D eigenvalue weighted by atomic mass is 10.1. The number of carbonyl (C=O) groups is 1. The largest absolute Gasteiger partial charge is 0.416 e. The van der Waals surface area contributed by atoms with E-state index < -0.39 is 11.7 Å². The monoisotopic (exact) mass is 442 g/mol. The minimum absolute atomic E-state index is 0.129. The molecule has 1 aromatic carbocycles. The lowest BCUT2D eigenvalue weighted by molar-refractivity contribution is -0.137. The number of nitrogens with zero attached hydrogens (tertiary/aromatic N) is 4. The number of hydrogen-bond donors (Lipinski definition) is 0. The number of amides is 1. The predicted octanol–water partition coefficient (Wildman–Crippen LogP) is 4.10. The Morgan fingerprint density at radius 3 is 2.67 bits per heavy atom. The second-order valence-electron chi connectivity index (χ2n) is 7.18. The van der Waals surface area contributed by atoms with Crippen molar-refractivity contribution in [3.8, 4) is 11.4 Å². The smallest absolute Gasteiger partial charge is 0.339 e. The van der Waals surface area contributed by atoms with Crippen molar-refractivity contribution in [2.45, 2.75) is 32.5 Å². The molecule has 0 bridgehead atoms. The SMILES string of the molecule is CCCSCC(=O)N1CCN(C(C)c2nc(-c3cccc(C(F)(F)F)c3)no2)CC1. The Bertz CT molecular complexity index is 851. The topological polar surface area (TPSA) is 62.5 Å². The van der Waals surface area contributed by atoms with Crippen LogP contribution in [0.3, 0.4) is 0 Å². The molecule has 10 heteroatoms. The molecule has 30 heavy (non-hydrogen) atoms. The fourth-order valence-corrected chi connectivity index (χ4v) is 4.06. The van der Waals surface area contributed by atoms with Crippen molar-refractivity contribution in [1.82, 2.24) is 19.9 Å². The summed E-state index contributed by atoms with van der Waals surface area (Å²) in [5.41, 5.74) is -0.496. The quantitative estimate of drug-likeness (QED) is 0.602. The van der Waals surface area contributed by atoms with E-state index in [0.717, 1.165) is 24.3 Å². The van der Waals surface area contributed by atoms with Gasteiger partial charge in [-0.05, 0) is 31.2 Å². The van der Waals surface area contributed by atoms with Crippen molar-refractivity contribution < 1.29 is 22.5 Å². The van der Waals surface area contributed by atoms with Gasteiger partial charge in [-0.15, -0.1) is 0 Å². The Hall–Kier alpha value is -2.07. The highest BCUT2D eigenvalue weighted by Gasteiger charge is 2.31. The first-order valence-electron chi connectivity index (χ1n) is 9.90. The van der Waals surface area contributed by atoms with Crippen molar-refractivity contribution in [2.24, 2.45) is 0 Å². The van der Waals surface area contributed by atoms with E-state index in [0.29, 0.717) is 37.8 Å². The summed E-state index contributed by atoms with van der Waals surface area (Å²) in [5, 5.41) is 3.86. The molecule has 2 aromatic rings. The first-order valence-corrected chi connectivity index (χ1v) is 11.1. The first-order chi connectivity index (χ1) is 14.3. The fourth-order valence-electron chi connectivity index (χ4n) is 3.27. The molecule has 1 unspecified atom stereocenters. The van der Waals surface area contributed by atoms with E-state index in [1.54, 1.807) is 11.8 Å². The van der Waals surface area contributed by atoms with Gasteiger partial charge in [0, 0.05) is 31.7 Å². The van der Waals surface area contributed by atoms with Crippen LogP contribution >= 0.6 is 11.8 Å². The molecule has 1 fully saturated rings. The second-order valence-corrected chi connectivity index (χ2v) is 8.29. The van der Waals surface area contributed by atoms with E-state index in [9.17, 15) is 18.0 Å². The van der Waals surface area contributed by atoms with Crippen LogP contribution in [0.25, 0.3) is 11.4 Å². The number of aromatic nitrogens is 2. The maximum atomic E-state index is 12.9. The van der Waals surface area contributed by atoms with Gasteiger partial charge < -0.3 is 9.42 Å². The van der Waals surface area contributed by atoms with E-state index in [1.807, 2.05) is 11.8 Å². The molecule has 6 nitrogen and oxygen atoms in total. The van der Waals surface area contributed by atoms with Crippen LogP contribution in [-0.4, -0.2) is 63.5 Å². The summed E-state index contributed by atoms with van der Waals surface area (Å²) in [6.45, 7) is 6.61. The zero-order valence-electron chi connectivity index (χ0n) is 17.0. The first kappa shape index (κ1) is 22.6. The molecule has 3 rings (SSSR count). The number of carbonyl (C=O) groups excluding carboxylic acids is 1. The maximum Gasteiger partial charge on any atom is 0.416 e. The molecule has 0 radical (unpaired) electrons. The van der Waals surface area contributed by atoms with Crippen molar-refractivity contribution in [3.05, 3.63) is 35.7 Å². The van der Waals surface area contributed by atoms with Gasteiger partial charge in [-0.1, -0.05) is 24.2 Å². The molecular weight excluding hydrogens is 417 g/mol. The third-order valence-electron chi connectivity index (χ3n) is 5.04. The van der Waals surface area contributed by atoms with E-state index >= 15 is 0 Å². The molecule has 1 saturated heterocycles. The average molecular weight is 443 g/mol. The summed E-state index contributed by atoms with van der Waals surface area (Å²) in [6.07, 6.45) is -3.38. The molecule has 1 amide bonds. The van der Waals surface area contributed by atoms with Gasteiger partial charge in [-0.25, -0.2) is 0 Å². The number of alkyl halides is 3. The standard InChI is InChI=1S/C20H25F3N4O2S/c1-3-11-30-13-17(28)27-9-7-26(8-10-27)14(2)19-24-18(25-29-19)15-5-4-6-16(12-15)20(21,22)23/h4-6,12,14H,3,7-11,13H2,1-2H3. The van der Waals surface area contributed by atoms with E-state index in [-0.39, 0.29) is 23.3 Å². The van der Waals surface area contributed by atoms with Crippen molar-refractivity contribution in [1.29, 1.82) is 0 Å². The van der Waals surface area contributed by atoms with Crippen molar-refractivity contribution >= 4 is 17.7 Å². The normalized spacial score (nSPS) is 16.6. The van der Waals surface area contributed by atoms with Gasteiger partial charge in [-0.3, -0.25) is 9.69 Å². The Kier molecular flexibility index (Phi) is 7.41. The van der Waals surface area contributed by atoms with Gasteiger partial charge >= 0.3 is 6.18 Å². The zero-order valence-corrected chi connectivity index (χ0v) is 17.8. The molecule has 1 aliphatic rings. The molecule has 0 spiro atoms. The third kappa shape index (κ3) is 5.54. The van der Waals surface area contributed by atoms with E-state index in [1.165, 1.54) is 12.1 Å². The van der Waals surface area contributed by atoms with Crippen LogP contribution in [0.4, 0.5) is 13.2 Å². The lowest BCUT2D eigenvalue weighted by Gasteiger charge is -2.36. The number of hydrogen-bond acceptors (Lipinski definition) is 6. The minimum Gasteiger partial charge on any atom is -0.339 e. The highest BCUT2D eigenvalue weighted by atomic mass is 32.2. The van der Waals surface area contributed by atoms with Crippen molar-refractivity contribution in [3.63, 3.8) is 0 Å². The zero-order chi connectivity index (χ0) is 21.7. The Balaban J connectivity index is 1.60. The fraction of sp³-hybridized carbons (Fsp3) is 0.550. The summed E-state index contributed by atoms with van der Waals surface area (Å²) >= 11 is 1.65. The average Bonchev–Trinajstić information content (AvgIpc) is 3.23. The van der Waals surface area contributed by atoms with Gasteiger partial charge in [-0.2, -0.15) is 29.9 Å². The number of rotatable bonds is 7. The van der Waals surface area contributed by atoms with Gasteiger partial charge in [0.15, 0.2) is 0 Å². The van der Waals surface area contributed by atoms with Crippen LogP contribution < -0.4 is 0 Å². The van der Waals surface area contributed by atoms with Crippen molar-refractivity contribution in [2.75, 3.05) is 37.7 Å². The predicted molar refractivity (Wildman–Crippen MR) is 109 cm³/mol. The van der Waals surface area contributed by atoms with Gasteiger partial charge in [0.25, 0.3) is 0 Å². The lowest BCUT2D eigenvalue weighted by Crippen LogP contribution is -2.49. The molecular formula is C20H25F3N4O2S. The summed E-state index contributed by atoms with van der Waals surface area (Å²) in [4.78, 5) is 20.6. The highest BCUT2D eigenvalue weighted by Crippen LogP contribution is 2.32. The third-order valence-corrected chi connectivity index (χ3v) is 6.18. The van der Waals surface area contributed by atoms with E-state index in [2.05, 4.69) is 22.0 Å². The van der Waals surface area contributed by atoms with Gasteiger partial charge in [0.05, 0.1) is 17.4 Å². The van der Waals surface area contributed by atoms with Crippen LogP contribution in [0.2, 0.25) is 0 Å². The Labute approximate surface area is 177 Å². The summed E-state index contributed by atoms with van der Waals surface area (Å²) in [5.74, 6) is 2.12. The molecule has 1 atom stereocenters. The summed E-state index contributed by atoms with van der Waals surface area (Å²) in [6, 6.07) is 4.68. The number of piperazine rings is 1. The second kappa shape index (κ2) is 9.82. The highest BCUT2D eigenvalue weighted by molar-refractivity contribution is 7.99. The molecule has 0 N–H and O–H groups in total. The molecule has 0 aliphatic carbocycles. The molecule has 2 heterocycles. The Morgan fingerprint density at radius 2 is 2.00 bits per heavy atom. The molecule has 1 aliphatic heterocycles. The van der Waals surface area contributed by atoms with Crippen LogP contribution in [0.15, 0.2) is 28.8 Å². The summed E-state index contributed by atoms with van der Waals surface area (Å²) < 4.78 is 44.1. The maximum absolute atomic E-state index is 12.9. The van der Waals surface area contributed by atoms with Crippen LogP contribution in [0.1, 0.15) is 37.8 Å². The van der Waals surface area contributed by atoms with Gasteiger partial charge in [0.2, 0.25) is 17.6 Å². The minimum atomic E-state index is -4.43. The molecule has 164 valence electrons. The number of benzene rings is 1. The molecule has 1 aromatic heterocycles. The van der Waals surface area contributed by atoms with E-state index in [4.69, 9.17) is 4.52 Å².